The molecule has 0 saturated heterocycles. The summed E-state index contributed by atoms with van der Waals surface area (Å²) in [5, 5.41) is 2.40. The maximum atomic E-state index is 6.29. The molecule has 19 heavy (non-hydrogen) atoms. The van der Waals surface area contributed by atoms with Gasteiger partial charge in [-0.3, -0.25) is 4.98 Å². The Bertz CT molecular complexity index is 710. The van der Waals surface area contributed by atoms with Crippen LogP contribution in [0.2, 0.25) is 0 Å². The lowest BCUT2D eigenvalue weighted by Crippen LogP contribution is -2.11. The first kappa shape index (κ1) is 12.3. The molecule has 3 rings (SSSR count). The molecule has 0 aliphatic rings. The van der Waals surface area contributed by atoms with Gasteiger partial charge < -0.3 is 5.73 Å². The molecule has 0 saturated carbocycles. The lowest BCUT2D eigenvalue weighted by molar-refractivity contribution is 0.865. The van der Waals surface area contributed by atoms with Gasteiger partial charge in [0.25, 0.3) is 0 Å². The van der Waals surface area contributed by atoms with Crippen LogP contribution in [0.1, 0.15) is 17.2 Å². The fraction of sp³-hybridized carbons (Fsp3) is 0.0625. The number of fused-ring (bicyclic) bond motifs is 1. The molecule has 2 nitrogen and oxygen atoms in total. The van der Waals surface area contributed by atoms with Crippen LogP contribution >= 0.6 is 15.9 Å². The van der Waals surface area contributed by atoms with Crippen LogP contribution in [0.4, 0.5) is 0 Å². The van der Waals surface area contributed by atoms with E-state index in [1.54, 1.807) is 6.20 Å². The summed E-state index contributed by atoms with van der Waals surface area (Å²) < 4.78 is 1.09. The molecule has 0 radical (unpaired) electrons. The van der Waals surface area contributed by atoms with Crippen LogP contribution in [0.15, 0.2) is 65.4 Å². The zero-order valence-electron chi connectivity index (χ0n) is 10.3. The first-order valence-corrected chi connectivity index (χ1v) is 6.88. The summed E-state index contributed by atoms with van der Waals surface area (Å²) in [5.74, 6) is 0. The van der Waals surface area contributed by atoms with E-state index in [-0.39, 0.29) is 6.04 Å². The van der Waals surface area contributed by atoms with Crippen LogP contribution in [-0.2, 0) is 0 Å². The predicted octanol–water partition coefficient (Wildman–Crippen LogP) is 4.05. The van der Waals surface area contributed by atoms with Crippen molar-refractivity contribution in [1.82, 2.24) is 4.98 Å². The third kappa shape index (κ3) is 2.53. The molecule has 1 heterocycles. The fourth-order valence-electron chi connectivity index (χ4n) is 2.18. The Kier molecular flexibility index (Phi) is 3.32. The van der Waals surface area contributed by atoms with Gasteiger partial charge in [-0.05, 0) is 46.2 Å². The lowest BCUT2D eigenvalue weighted by atomic mass is 9.98. The first-order chi connectivity index (χ1) is 9.24. The molecular formula is C16H13BrN2. The van der Waals surface area contributed by atoms with Crippen molar-refractivity contribution in [2.45, 2.75) is 6.04 Å². The van der Waals surface area contributed by atoms with Gasteiger partial charge in [-0.1, -0.05) is 40.2 Å². The minimum absolute atomic E-state index is 0.137. The zero-order valence-corrected chi connectivity index (χ0v) is 11.8. The van der Waals surface area contributed by atoms with Crippen molar-refractivity contribution in [1.29, 1.82) is 0 Å². The molecule has 0 amide bonds. The Hall–Kier alpha value is -1.71. The molecule has 0 aliphatic heterocycles. The van der Waals surface area contributed by atoms with Gasteiger partial charge in [-0.25, -0.2) is 0 Å². The summed E-state index contributed by atoms with van der Waals surface area (Å²) in [6, 6.07) is 16.3. The van der Waals surface area contributed by atoms with Crippen LogP contribution in [-0.4, -0.2) is 4.98 Å². The van der Waals surface area contributed by atoms with Gasteiger partial charge in [0.2, 0.25) is 0 Å². The van der Waals surface area contributed by atoms with E-state index in [0.29, 0.717) is 0 Å². The highest BCUT2D eigenvalue weighted by Crippen LogP contribution is 2.25. The highest BCUT2D eigenvalue weighted by molar-refractivity contribution is 9.10. The maximum absolute atomic E-state index is 6.29. The normalized spacial score (nSPS) is 12.5. The average molecular weight is 313 g/mol. The van der Waals surface area contributed by atoms with Crippen LogP contribution in [0.25, 0.3) is 10.8 Å². The SMILES string of the molecule is NC(c1cccnc1)c1ccc2cc(Br)ccc2c1. The highest BCUT2D eigenvalue weighted by Gasteiger charge is 2.09. The number of benzene rings is 2. The van der Waals surface area contributed by atoms with E-state index in [1.165, 1.54) is 10.8 Å². The van der Waals surface area contributed by atoms with Crippen molar-refractivity contribution in [2.75, 3.05) is 0 Å². The predicted molar refractivity (Wildman–Crippen MR) is 81.9 cm³/mol. The van der Waals surface area contributed by atoms with E-state index >= 15 is 0 Å². The van der Waals surface area contributed by atoms with Gasteiger partial charge in [0, 0.05) is 16.9 Å². The summed E-state index contributed by atoms with van der Waals surface area (Å²) in [7, 11) is 0. The molecule has 2 aromatic carbocycles. The average Bonchev–Trinajstić information content (AvgIpc) is 2.47. The van der Waals surface area contributed by atoms with Crippen molar-refractivity contribution in [3.05, 3.63) is 76.5 Å². The quantitative estimate of drug-likeness (QED) is 0.775. The van der Waals surface area contributed by atoms with Crippen LogP contribution in [0.5, 0.6) is 0 Å². The number of hydrogen-bond acceptors (Lipinski definition) is 2. The molecule has 1 aromatic heterocycles. The minimum atomic E-state index is -0.137. The van der Waals surface area contributed by atoms with Crippen LogP contribution in [0, 0.1) is 0 Å². The molecule has 1 unspecified atom stereocenters. The van der Waals surface area contributed by atoms with E-state index < -0.39 is 0 Å². The number of pyridine rings is 1. The molecule has 2 N–H and O–H groups in total. The lowest BCUT2D eigenvalue weighted by Gasteiger charge is -2.13. The van der Waals surface area contributed by atoms with Crippen molar-refractivity contribution in [2.24, 2.45) is 5.73 Å². The third-order valence-corrected chi connectivity index (χ3v) is 3.72. The molecule has 0 spiro atoms. The number of halogens is 1. The first-order valence-electron chi connectivity index (χ1n) is 6.09. The van der Waals surface area contributed by atoms with Crippen LogP contribution in [0.3, 0.4) is 0 Å². The summed E-state index contributed by atoms with van der Waals surface area (Å²) >= 11 is 3.48. The van der Waals surface area contributed by atoms with Crippen LogP contribution < -0.4 is 5.73 Å². The smallest absolute Gasteiger partial charge is 0.0567 e. The van der Waals surface area contributed by atoms with E-state index in [9.17, 15) is 0 Å². The Morgan fingerprint density at radius 2 is 1.74 bits per heavy atom. The van der Waals surface area contributed by atoms with Crippen molar-refractivity contribution < 1.29 is 0 Å². The van der Waals surface area contributed by atoms with Gasteiger partial charge in [0.1, 0.15) is 0 Å². The highest BCUT2D eigenvalue weighted by atomic mass is 79.9. The molecule has 0 bridgehead atoms. The maximum Gasteiger partial charge on any atom is 0.0567 e. The number of aromatic nitrogens is 1. The largest absolute Gasteiger partial charge is 0.320 e. The number of nitrogens with zero attached hydrogens (tertiary/aromatic N) is 1. The second kappa shape index (κ2) is 5.11. The van der Waals surface area contributed by atoms with Crippen molar-refractivity contribution in [3.8, 4) is 0 Å². The third-order valence-electron chi connectivity index (χ3n) is 3.23. The standard InChI is InChI=1S/C16H13BrN2/c17-15-6-5-11-8-13(4-3-12(11)9-15)16(18)14-2-1-7-19-10-14/h1-10,16H,18H2. The van der Waals surface area contributed by atoms with Crippen molar-refractivity contribution in [3.63, 3.8) is 0 Å². The summed E-state index contributed by atoms with van der Waals surface area (Å²) in [4.78, 5) is 4.12. The Labute approximate surface area is 120 Å². The molecular weight excluding hydrogens is 300 g/mol. The number of hydrogen-bond donors (Lipinski definition) is 1. The van der Waals surface area contributed by atoms with Gasteiger partial charge in [-0.15, -0.1) is 0 Å². The second-order valence-corrected chi connectivity index (χ2v) is 5.43. The minimum Gasteiger partial charge on any atom is -0.320 e. The molecule has 3 heteroatoms. The Morgan fingerprint density at radius 3 is 2.53 bits per heavy atom. The van der Waals surface area contributed by atoms with Gasteiger partial charge in [-0.2, -0.15) is 0 Å². The van der Waals surface area contributed by atoms with E-state index in [0.717, 1.165) is 15.6 Å². The van der Waals surface area contributed by atoms with Gasteiger partial charge >= 0.3 is 0 Å². The van der Waals surface area contributed by atoms with E-state index in [1.807, 2.05) is 24.4 Å². The molecule has 1 atom stereocenters. The zero-order chi connectivity index (χ0) is 13.2. The molecule has 3 aromatic rings. The Balaban J connectivity index is 2.04. The molecule has 0 aliphatic carbocycles. The van der Waals surface area contributed by atoms with E-state index in [2.05, 4.69) is 51.2 Å². The number of nitrogens with two attached hydrogens (primary N) is 1. The van der Waals surface area contributed by atoms with E-state index in [4.69, 9.17) is 5.73 Å². The monoisotopic (exact) mass is 312 g/mol. The molecule has 94 valence electrons. The van der Waals surface area contributed by atoms with Gasteiger partial charge in [0.05, 0.1) is 6.04 Å². The second-order valence-electron chi connectivity index (χ2n) is 4.51. The van der Waals surface area contributed by atoms with Crippen molar-refractivity contribution >= 4 is 26.7 Å². The Morgan fingerprint density at radius 1 is 0.947 bits per heavy atom. The van der Waals surface area contributed by atoms with Gasteiger partial charge in [0.15, 0.2) is 0 Å². The summed E-state index contributed by atoms with van der Waals surface area (Å²) in [6.07, 6.45) is 3.57. The fourth-order valence-corrected chi connectivity index (χ4v) is 2.56. The molecule has 0 fully saturated rings. The summed E-state index contributed by atoms with van der Waals surface area (Å²) in [6.45, 7) is 0. The topological polar surface area (TPSA) is 38.9 Å². The summed E-state index contributed by atoms with van der Waals surface area (Å²) in [5.41, 5.74) is 8.41. The number of rotatable bonds is 2.